The number of nitrogens with two attached hydrogens (primary N) is 1. The number of terminal acetylenes is 1. The van der Waals surface area contributed by atoms with Gasteiger partial charge in [0.2, 0.25) is 10.0 Å². The van der Waals surface area contributed by atoms with Crippen LogP contribution in [0.15, 0.2) is 53.4 Å². The van der Waals surface area contributed by atoms with E-state index < -0.39 is 15.9 Å². The molecule has 0 aliphatic rings. The maximum Gasteiger partial charge on any atom is 0.256 e. The van der Waals surface area contributed by atoms with E-state index in [0.717, 1.165) is 0 Å². The van der Waals surface area contributed by atoms with Crippen molar-refractivity contribution in [1.29, 1.82) is 0 Å². The van der Waals surface area contributed by atoms with Gasteiger partial charge in [0.05, 0.1) is 11.3 Å². The number of sulfonamides is 1. The molecule has 1 amide bonds. The number of amides is 1. The van der Waals surface area contributed by atoms with Crippen molar-refractivity contribution in [2.24, 2.45) is 5.14 Å². The second kappa shape index (κ2) is 5.79. The van der Waals surface area contributed by atoms with E-state index in [1.807, 2.05) is 0 Å². The van der Waals surface area contributed by atoms with Crippen LogP contribution < -0.4 is 10.5 Å². The fraction of sp³-hybridized carbons (Fsp3) is 0. The van der Waals surface area contributed by atoms with Crippen molar-refractivity contribution < 1.29 is 13.2 Å². The molecule has 0 aromatic heterocycles. The van der Waals surface area contributed by atoms with Gasteiger partial charge in [-0.05, 0) is 24.3 Å². The van der Waals surface area contributed by atoms with Crippen LogP contribution in [0.1, 0.15) is 15.9 Å². The number of rotatable bonds is 3. The highest BCUT2D eigenvalue weighted by Gasteiger charge is 2.16. The standard InChI is InChI=1S/C15H12N2O3S/c1-2-11-7-3-4-8-12(11)15(18)17-13-9-5-6-10-14(13)21(16,19)20/h1,3-10H,(H,17,18)(H2,16,19,20). The quantitative estimate of drug-likeness (QED) is 0.843. The van der Waals surface area contributed by atoms with Crippen LogP contribution in [0.2, 0.25) is 0 Å². The molecule has 5 nitrogen and oxygen atoms in total. The first-order chi connectivity index (χ1) is 9.93. The molecule has 0 unspecified atom stereocenters. The molecule has 2 rings (SSSR count). The number of hydrogen-bond donors (Lipinski definition) is 2. The third kappa shape index (κ3) is 3.28. The van der Waals surface area contributed by atoms with Crippen molar-refractivity contribution >= 4 is 21.6 Å². The largest absolute Gasteiger partial charge is 0.321 e. The predicted octanol–water partition coefficient (Wildman–Crippen LogP) is 1.57. The summed E-state index contributed by atoms with van der Waals surface area (Å²) < 4.78 is 23.0. The molecule has 3 N–H and O–H groups in total. The van der Waals surface area contributed by atoms with Crippen LogP contribution in [-0.4, -0.2) is 14.3 Å². The Labute approximate surface area is 122 Å². The lowest BCUT2D eigenvalue weighted by Gasteiger charge is -2.10. The minimum Gasteiger partial charge on any atom is -0.321 e. The van der Waals surface area contributed by atoms with E-state index in [1.165, 1.54) is 18.2 Å². The third-order valence-corrected chi connectivity index (χ3v) is 3.74. The summed E-state index contributed by atoms with van der Waals surface area (Å²) in [6.07, 6.45) is 5.34. The molecule has 6 heteroatoms. The highest BCUT2D eigenvalue weighted by atomic mass is 32.2. The molecule has 0 fully saturated rings. The monoisotopic (exact) mass is 300 g/mol. The summed E-state index contributed by atoms with van der Waals surface area (Å²) in [6, 6.07) is 12.5. The lowest BCUT2D eigenvalue weighted by molar-refractivity contribution is 0.102. The Balaban J connectivity index is 2.40. The van der Waals surface area contributed by atoms with Crippen LogP contribution >= 0.6 is 0 Å². The van der Waals surface area contributed by atoms with E-state index in [2.05, 4.69) is 11.2 Å². The van der Waals surface area contributed by atoms with Gasteiger partial charge in [-0.3, -0.25) is 4.79 Å². The number of carbonyl (C=O) groups excluding carboxylic acids is 1. The van der Waals surface area contributed by atoms with E-state index in [9.17, 15) is 13.2 Å². The molecule has 0 saturated carbocycles. The van der Waals surface area contributed by atoms with Crippen LogP contribution in [0.3, 0.4) is 0 Å². The van der Waals surface area contributed by atoms with Crippen molar-refractivity contribution in [2.75, 3.05) is 5.32 Å². The van der Waals surface area contributed by atoms with Crippen molar-refractivity contribution in [1.82, 2.24) is 0 Å². The van der Waals surface area contributed by atoms with Crippen molar-refractivity contribution in [2.45, 2.75) is 4.90 Å². The van der Waals surface area contributed by atoms with E-state index in [1.54, 1.807) is 30.3 Å². The second-order valence-electron chi connectivity index (χ2n) is 4.19. The van der Waals surface area contributed by atoms with Gasteiger partial charge in [-0.25, -0.2) is 13.6 Å². The molecule has 0 aliphatic heterocycles. The number of benzene rings is 2. The molecule has 0 aliphatic carbocycles. The smallest absolute Gasteiger partial charge is 0.256 e. The average Bonchev–Trinajstić information content (AvgIpc) is 2.46. The molecule has 2 aromatic rings. The molecule has 0 spiro atoms. The summed E-state index contributed by atoms with van der Waals surface area (Å²) >= 11 is 0. The molecule has 2 aromatic carbocycles. The van der Waals surface area contributed by atoms with E-state index in [0.29, 0.717) is 5.56 Å². The highest BCUT2D eigenvalue weighted by molar-refractivity contribution is 7.89. The minimum absolute atomic E-state index is 0.108. The van der Waals surface area contributed by atoms with Gasteiger partial charge >= 0.3 is 0 Å². The number of nitrogens with one attached hydrogen (secondary N) is 1. The zero-order valence-electron chi connectivity index (χ0n) is 10.9. The fourth-order valence-corrected chi connectivity index (χ4v) is 2.51. The van der Waals surface area contributed by atoms with Crippen LogP contribution in [0.25, 0.3) is 0 Å². The highest BCUT2D eigenvalue weighted by Crippen LogP contribution is 2.20. The van der Waals surface area contributed by atoms with E-state index in [-0.39, 0.29) is 16.1 Å². The summed E-state index contributed by atoms with van der Waals surface area (Å²) in [7, 11) is -3.93. The lowest BCUT2D eigenvalue weighted by atomic mass is 10.1. The maximum atomic E-state index is 12.2. The molecule has 21 heavy (non-hydrogen) atoms. The zero-order chi connectivity index (χ0) is 15.5. The SMILES string of the molecule is C#Cc1ccccc1C(=O)Nc1ccccc1S(N)(=O)=O. The lowest BCUT2D eigenvalue weighted by Crippen LogP contribution is -2.19. The summed E-state index contributed by atoms with van der Waals surface area (Å²) in [5.74, 6) is 1.90. The number of carbonyl (C=O) groups is 1. The van der Waals surface area contributed by atoms with Crippen LogP contribution in [0.4, 0.5) is 5.69 Å². The van der Waals surface area contributed by atoms with Gasteiger partial charge in [0.25, 0.3) is 5.91 Å². The Bertz CT molecular complexity index is 836. The Morgan fingerprint density at radius 2 is 1.71 bits per heavy atom. The number of anilines is 1. The first-order valence-electron chi connectivity index (χ1n) is 5.92. The molecule has 0 heterocycles. The molecular weight excluding hydrogens is 288 g/mol. The summed E-state index contributed by atoms with van der Waals surface area (Å²) in [4.78, 5) is 12.1. The van der Waals surface area contributed by atoms with Gasteiger partial charge in [0, 0.05) is 5.56 Å². The zero-order valence-corrected chi connectivity index (χ0v) is 11.7. The molecule has 0 bridgehead atoms. The van der Waals surface area contributed by atoms with Crippen molar-refractivity contribution in [3.63, 3.8) is 0 Å². The molecule has 0 radical (unpaired) electrons. The first-order valence-corrected chi connectivity index (χ1v) is 7.47. The van der Waals surface area contributed by atoms with Crippen LogP contribution in [0.5, 0.6) is 0 Å². The predicted molar refractivity (Wildman–Crippen MR) is 80.1 cm³/mol. The summed E-state index contributed by atoms with van der Waals surface area (Å²) in [6.45, 7) is 0. The number of para-hydroxylation sites is 1. The fourth-order valence-electron chi connectivity index (χ4n) is 1.81. The maximum absolute atomic E-state index is 12.2. The van der Waals surface area contributed by atoms with Gasteiger partial charge < -0.3 is 5.32 Å². The number of primary sulfonamides is 1. The summed E-state index contributed by atoms with van der Waals surface area (Å²) in [5, 5.41) is 7.63. The van der Waals surface area contributed by atoms with Crippen molar-refractivity contribution in [3.05, 3.63) is 59.7 Å². The molecule has 106 valence electrons. The van der Waals surface area contributed by atoms with Gasteiger partial charge in [0.1, 0.15) is 4.90 Å². The Morgan fingerprint density at radius 1 is 1.10 bits per heavy atom. The topological polar surface area (TPSA) is 89.3 Å². The third-order valence-electron chi connectivity index (χ3n) is 2.77. The first kappa shape index (κ1) is 14.8. The van der Waals surface area contributed by atoms with Crippen LogP contribution in [-0.2, 0) is 10.0 Å². The average molecular weight is 300 g/mol. The number of hydrogen-bond acceptors (Lipinski definition) is 3. The van der Waals surface area contributed by atoms with Crippen molar-refractivity contribution in [3.8, 4) is 12.3 Å². The van der Waals surface area contributed by atoms with E-state index in [4.69, 9.17) is 11.6 Å². The second-order valence-corrected chi connectivity index (χ2v) is 5.72. The Hall–Kier alpha value is -2.62. The van der Waals surface area contributed by atoms with Gasteiger partial charge in [-0.2, -0.15) is 0 Å². The molecule has 0 saturated heterocycles. The van der Waals surface area contributed by atoms with E-state index >= 15 is 0 Å². The molecular formula is C15H12N2O3S. The van der Waals surface area contributed by atoms with Crippen LogP contribution in [0, 0.1) is 12.3 Å². The van der Waals surface area contributed by atoms with Gasteiger partial charge in [-0.15, -0.1) is 6.42 Å². The minimum atomic E-state index is -3.93. The molecule has 0 atom stereocenters. The summed E-state index contributed by atoms with van der Waals surface area (Å²) in [5.41, 5.74) is 0.809. The normalized spacial score (nSPS) is 10.7. The Kier molecular flexibility index (Phi) is 4.08. The Morgan fingerprint density at radius 3 is 2.38 bits per heavy atom. The van der Waals surface area contributed by atoms with Gasteiger partial charge in [-0.1, -0.05) is 30.2 Å². The van der Waals surface area contributed by atoms with Gasteiger partial charge in [0.15, 0.2) is 0 Å².